The second-order valence-corrected chi connectivity index (χ2v) is 4.56. The molecule has 0 amide bonds. The summed E-state index contributed by atoms with van der Waals surface area (Å²) in [5, 5.41) is 15.1. The van der Waals surface area contributed by atoms with Crippen LogP contribution in [0, 0.1) is 0 Å². The van der Waals surface area contributed by atoms with Crippen molar-refractivity contribution in [2.45, 2.75) is 24.9 Å². The van der Waals surface area contributed by atoms with Gasteiger partial charge in [-0.2, -0.15) is 0 Å². The van der Waals surface area contributed by atoms with Gasteiger partial charge in [0.05, 0.1) is 5.56 Å². The molecule has 0 aliphatic carbocycles. The lowest BCUT2D eigenvalue weighted by molar-refractivity contribution is -0.824. The lowest BCUT2D eigenvalue weighted by Gasteiger charge is -2.44. The Bertz CT molecular complexity index is 399. The highest BCUT2D eigenvalue weighted by Gasteiger charge is 2.48. The Hall–Kier alpha value is -1.04. The van der Waals surface area contributed by atoms with E-state index in [0.717, 1.165) is 18.4 Å². The molecule has 92 valence electrons. The van der Waals surface area contributed by atoms with Crippen LogP contribution in [-0.2, 0) is 10.1 Å². The average Bonchev–Trinajstić information content (AvgIpc) is 2.39. The SMILES string of the molecule is CNC(=S)C1(c2cccnc2)CCCC[O+]1[O-]. The van der Waals surface area contributed by atoms with Gasteiger partial charge in [0.1, 0.15) is 0 Å². The number of rotatable bonds is 2. The number of hydrogen-bond acceptors (Lipinski definition) is 3. The van der Waals surface area contributed by atoms with Gasteiger partial charge in [-0.3, -0.25) is 4.98 Å². The number of aromatic nitrogens is 1. The molecule has 0 saturated carbocycles. The fourth-order valence-corrected chi connectivity index (χ4v) is 2.64. The quantitative estimate of drug-likeness (QED) is 0.481. The van der Waals surface area contributed by atoms with Gasteiger partial charge in [-0.25, -0.2) is 0 Å². The third-order valence-electron chi connectivity index (χ3n) is 3.22. The molecule has 2 heterocycles. The lowest BCUT2D eigenvalue weighted by Crippen LogP contribution is -2.56. The second kappa shape index (κ2) is 5.08. The predicted octanol–water partition coefficient (Wildman–Crippen LogP) is 0.835. The van der Waals surface area contributed by atoms with E-state index in [1.54, 1.807) is 19.4 Å². The number of likely N-dealkylation sites (N-methyl/N-ethyl adjacent to an activating group) is 1. The van der Waals surface area contributed by atoms with E-state index in [1.807, 2.05) is 16.7 Å². The maximum absolute atomic E-state index is 12.2. The Balaban J connectivity index is 2.46. The smallest absolute Gasteiger partial charge is 0.250 e. The Morgan fingerprint density at radius 2 is 2.41 bits per heavy atom. The van der Waals surface area contributed by atoms with Gasteiger partial charge in [-0.15, -0.1) is 0 Å². The third-order valence-corrected chi connectivity index (χ3v) is 3.75. The molecule has 0 spiro atoms. The first kappa shape index (κ1) is 12.4. The zero-order valence-electron chi connectivity index (χ0n) is 9.81. The van der Waals surface area contributed by atoms with E-state index in [2.05, 4.69) is 10.3 Å². The van der Waals surface area contributed by atoms with Crippen LogP contribution in [0.3, 0.4) is 0 Å². The highest BCUT2D eigenvalue weighted by Crippen LogP contribution is 2.38. The largest absolute Gasteiger partial charge is 0.533 e. The molecule has 1 saturated heterocycles. The third kappa shape index (κ3) is 2.06. The molecule has 1 fully saturated rings. The molecule has 1 aliphatic heterocycles. The Kier molecular flexibility index (Phi) is 3.71. The molecule has 4 nitrogen and oxygen atoms in total. The van der Waals surface area contributed by atoms with Crippen molar-refractivity contribution in [1.29, 1.82) is 0 Å². The zero-order valence-corrected chi connectivity index (χ0v) is 10.6. The van der Waals surface area contributed by atoms with Gasteiger partial charge in [-0.05, 0) is 18.6 Å². The van der Waals surface area contributed by atoms with E-state index in [-0.39, 0.29) is 0 Å². The molecule has 1 aliphatic rings. The minimum Gasteiger partial charge on any atom is -0.533 e. The summed E-state index contributed by atoms with van der Waals surface area (Å²) in [7, 11) is 1.75. The van der Waals surface area contributed by atoms with E-state index < -0.39 is 5.60 Å². The fraction of sp³-hybridized carbons (Fsp3) is 0.500. The van der Waals surface area contributed by atoms with Crippen LogP contribution in [0.25, 0.3) is 0 Å². The highest BCUT2D eigenvalue weighted by molar-refractivity contribution is 7.80. The first-order valence-corrected chi connectivity index (χ1v) is 6.14. The van der Waals surface area contributed by atoms with Gasteiger partial charge in [-0.1, -0.05) is 12.2 Å². The lowest BCUT2D eigenvalue weighted by atomic mass is 9.87. The van der Waals surface area contributed by atoms with Gasteiger partial charge in [0.15, 0.2) is 11.6 Å². The Labute approximate surface area is 106 Å². The molecule has 1 atom stereocenters. The molecule has 1 unspecified atom stereocenters. The summed E-state index contributed by atoms with van der Waals surface area (Å²) in [6, 6.07) is 3.73. The number of thiocarbonyl (C=S) groups is 1. The predicted molar refractivity (Wildman–Crippen MR) is 67.4 cm³/mol. The van der Waals surface area contributed by atoms with Crippen molar-refractivity contribution in [2.24, 2.45) is 0 Å². The summed E-state index contributed by atoms with van der Waals surface area (Å²) in [5.74, 6) is 0. The average molecular weight is 252 g/mol. The van der Waals surface area contributed by atoms with Gasteiger partial charge >= 0.3 is 0 Å². The summed E-state index contributed by atoms with van der Waals surface area (Å²) in [5.41, 5.74) is 0.0374. The molecule has 0 radical (unpaired) electrons. The highest BCUT2D eigenvalue weighted by atomic mass is 32.1. The maximum atomic E-state index is 12.2. The summed E-state index contributed by atoms with van der Waals surface area (Å²) in [6.07, 6.45) is 6.01. The number of nitrogens with zero attached hydrogens (tertiary/aromatic N) is 1. The van der Waals surface area contributed by atoms with E-state index in [0.29, 0.717) is 18.0 Å². The van der Waals surface area contributed by atoms with Crippen LogP contribution in [-0.4, -0.2) is 23.6 Å². The summed E-state index contributed by atoms with van der Waals surface area (Å²) in [4.78, 5) is 4.64. The van der Waals surface area contributed by atoms with E-state index in [1.165, 1.54) is 0 Å². The molecule has 0 aromatic carbocycles. The van der Waals surface area contributed by atoms with Crippen LogP contribution >= 0.6 is 12.2 Å². The van der Waals surface area contributed by atoms with Crippen LogP contribution in [0.1, 0.15) is 24.8 Å². The van der Waals surface area contributed by atoms with Gasteiger partial charge < -0.3 is 15.1 Å². The van der Waals surface area contributed by atoms with Gasteiger partial charge in [0.25, 0.3) is 0 Å². The van der Waals surface area contributed by atoms with Crippen molar-refractivity contribution in [2.75, 3.05) is 13.7 Å². The molecule has 0 bridgehead atoms. The molecule has 1 N–H and O–H groups in total. The van der Waals surface area contributed by atoms with E-state index >= 15 is 0 Å². The van der Waals surface area contributed by atoms with E-state index in [4.69, 9.17) is 12.2 Å². The van der Waals surface area contributed by atoms with Crippen molar-refractivity contribution in [3.05, 3.63) is 30.1 Å². The fourth-order valence-electron chi connectivity index (χ4n) is 2.32. The normalized spacial score (nSPS) is 25.5. The number of nitrogens with one attached hydrogen (secondary N) is 1. The first-order chi connectivity index (χ1) is 8.21. The Morgan fingerprint density at radius 1 is 1.59 bits per heavy atom. The molecule has 1 aromatic rings. The maximum Gasteiger partial charge on any atom is 0.250 e. The van der Waals surface area contributed by atoms with Gasteiger partial charge in [0, 0.05) is 32.3 Å². The summed E-state index contributed by atoms with van der Waals surface area (Å²) in [6.45, 7) is 0.441. The van der Waals surface area contributed by atoms with Crippen molar-refractivity contribution in [3.63, 3.8) is 0 Å². The Morgan fingerprint density at radius 3 is 3.00 bits per heavy atom. The number of pyridine rings is 1. The number of hydrogen-bond donors (Lipinski definition) is 1. The second-order valence-electron chi connectivity index (χ2n) is 4.15. The summed E-state index contributed by atoms with van der Waals surface area (Å²) >= 11 is 5.35. The molecular formula is C12H16N2O2S. The standard InChI is InChI=1S/C12H16N2O2S/c1-13-11(17)12(6-2-3-8-16(12)15)10-5-4-7-14-9-10/h4-5,7,9H,2-3,6,8H2,1H3,(H,13,17). The molecule has 2 rings (SSSR count). The van der Waals surface area contributed by atoms with Crippen molar-refractivity contribution >= 4 is 17.2 Å². The van der Waals surface area contributed by atoms with E-state index in [9.17, 15) is 5.26 Å². The van der Waals surface area contributed by atoms with Crippen LogP contribution < -0.4 is 10.6 Å². The van der Waals surface area contributed by atoms with Crippen molar-refractivity contribution in [3.8, 4) is 0 Å². The minimum atomic E-state index is -0.809. The van der Waals surface area contributed by atoms with Crippen LogP contribution in [0.5, 0.6) is 0 Å². The van der Waals surface area contributed by atoms with Crippen molar-refractivity contribution in [1.82, 2.24) is 10.3 Å². The van der Waals surface area contributed by atoms with Gasteiger partial charge in [0.2, 0.25) is 5.60 Å². The zero-order chi connectivity index (χ0) is 12.3. The van der Waals surface area contributed by atoms with Crippen LogP contribution in [0.15, 0.2) is 24.5 Å². The topological polar surface area (TPSA) is 50.7 Å². The molecule has 1 aromatic heterocycles. The molecular weight excluding hydrogens is 236 g/mol. The molecule has 17 heavy (non-hydrogen) atoms. The minimum absolute atomic E-state index is 0.441. The monoisotopic (exact) mass is 252 g/mol. The molecule has 5 heteroatoms. The van der Waals surface area contributed by atoms with Crippen molar-refractivity contribution < 1.29 is 9.78 Å². The summed E-state index contributed by atoms with van der Waals surface area (Å²) < 4.78 is 1.99. The van der Waals surface area contributed by atoms with Crippen LogP contribution in [0.2, 0.25) is 0 Å². The van der Waals surface area contributed by atoms with Crippen LogP contribution in [0.4, 0.5) is 0 Å². The first-order valence-electron chi connectivity index (χ1n) is 5.73.